The van der Waals surface area contributed by atoms with Gasteiger partial charge < -0.3 is 30.7 Å². The van der Waals surface area contributed by atoms with E-state index in [4.69, 9.17) is 25.4 Å². The van der Waals surface area contributed by atoms with Crippen molar-refractivity contribution < 1.29 is 29.3 Å². The number of nitrogens with two attached hydrogens (primary N) is 1. The van der Waals surface area contributed by atoms with Crippen LogP contribution in [0, 0.1) is 0 Å². The molecule has 6 rings (SSSR count). The van der Waals surface area contributed by atoms with Gasteiger partial charge in [-0.25, -0.2) is 4.79 Å². The molecular weight excluding hydrogens is 544 g/mol. The second-order valence-corrected chi connectivity index (χ2v) is 10.0. The van der Waals surface area contributed by atoms with Crippen molar-refractivity contribution in [3.05, 3.63) is 119 Å². The summed E-state index contributed by atoms with van der Waals surface area (Å²) in [5, 5.41) is 18.9. The largest absolute Gasteiger partial charge is 0.465 e. The summed E-state index contributed by atoms with van der Waals surface area (Å²) in [5.41, 5.74) is 14.6. The Balaban J connectivity index is 0.000000177. The van der Waals surface area contributed by atoms with Crippen LogP contribution in [0.25, 0.3) is 22.3 Å². The Hall–Kier alpha value is -4.50. The van der Waals surface area contributed by atoms with Crippen LogP contribution >= 0.6 is 0 Å². The minimum Gasteiger partial charge on any atom is -0.465 e. The molecule has 8 heteroatoms. The highest BCUT2D eigenvalue weighted by atomic mass is 16.5. The second kappa shape index (κ2) is 15.7. The summed E-state index contributed by atoms with van der Waals surface area (Å²) in [5.74, 6) is 0.00967. The predicted octanol–water partition coefficient (Wildman–Crippen LogP) is 4.82. The Morgan fingerprint density at radius 1 is 0.651 bits per heavy atom. The zero-order valence-electron chi connectivity index (χ0n) is 24.2. The molecule has 4 aromatic carbocycles. The Labute approximate surface area is 252 Å². The number of fused-ring (bicyclic) bond motifs is 6. The molecule has 43 heavy (non-hydrogen) atoms. The van der Waals surface area contributed by atoms with Gasteiger partial charge in [-0.2, -0.15) is 0 Å². The third-order valence-electron chi connectivity index (χ3n) is 7.27. The SMILES string of the molecule is CC(=O)OCC1c2ccccc2-c2ccccc21.NCCO.O=C(NCCO)OCC1c2ccccc2-c2ccccc21. The van der Waals surface area contributed by atoms with Crippen molar-refractivity contribution in [1.82, 2.24) is 5.32 Å². The van der Waals surface area contributed by atoms with Gasteiger partial charge in [-0.05, 0) is 44.5 Å². The lowest BCUT2D eigenvalue weighted by Crippen LogP contribution is -2.28. The van der Waals surface area contributed by atoms with Gasteiger partial charge in [-0.1, -0.05) is 97.1 Å². The van der Waals surface area contributed by atoms with Crippen LogP contribution in [-0.4, -0.2) is 61.8 Å². The maximum absolute atomic E-state index is 11.5. The van der Waals surface area contributed by atoms with E-state index in [1.807, 2.05) is 48.5 Å². The molecule has 224 valence electrons. The first-order chi connectivity index (χ1) is 21.0. The van der Waals surface area contributed by atoms with Gasteiger partial charge in [-0.15, -0.1) is 0 Å². The molecule has 0 heterocycles. The molecule has 0 aliphatic heterocycles. The number of benzene rings is 4. The third kappa shape index (κ3) is 7.67. The van der Waals surface area contributed by atoms with Crippen LogP contribution in [0.4, 0.5) is 4.79 Å². The van der Waals surface area contributed by atoms with E-state index in [0.29, 0.717) is 19.8 Å². The van der Waals surface area contributed by atoms with Crippen molar-refractivity contribution in [3.8, 4) is 22.3 Å². The molecule has 0 aromatic heterocycles. The van der Waals surface area contributed by atoms with E-state index < -0.39 is 6.09 Å². The monoisotopic (exact) mass is 582 g/mol. The Bertz CT molecular complexity index is 1430. The van der Waals surface area contributed by atoms with Crippen LogP contribution in [-0.2, 0) is 14.3 Å². The quantitative estimate of drug-likeness (QED) is 0.230. The fourth-order valence-corrected chi connectivity index (χ4v) is 5.45. The number of esters is 1. The molecule has 0 bridgehead atoms. The summed E-state index contributed by atoms with van der Waals surface area (Å²) in [6.45, 7) is 2.75. The number of carbonyl (C=O) groups is 2. The van der Waals surface area contributed by atoms with Gasteiger partial charge in [0.2, 0.25) is 0 Å². The summed E-state index contributed by atoms with van der Waals surface area (Å²) < 4.78 is 10.5. The molecule has 0 saturated carbocycles. The third-order valence-corrected chi connectivity index (χ3v) is 7.27. The molecular formula is C35H38N2O6. The Kier molecular flexibility index (Phi) is 11.4. The lowest BCUT2D eigenvalue weighted by Gasteiger charge is -2.14. The van der Waals surface area contributed by atoms with Crippen molar-refractivity contribution in [3.63, 3.8) is 0 Å². The highest BCUT2D eigenvalue weighted by molar-refractivity contribution is 5.80. The van der Waals surface area contributed by atoms with Crippen LogP contribution in [0.3, 0.4) is 0 Å². The molecule has 1 amide bonds. The van der Waals surface area contributed by atoms with E-state index in [-0.39, 0.29) is 37.6 Å². The van der Waals surface area contributed by atoms with E-state index in [1.54, 1.807) is 0 Å². The van der Waals surface area contributed by atoms with E-state index in [0.717, 1.165) is 0 Å². The number of aliphatic hydroxyl groups excluding tert-OH is 2. The van der Waals surface area contributed by atoms with Gasteiger partial charge in [0.1, 0.15) is 13.2 Å². The number of ether oxygens (including phenoxy) is 2. The van der Waals surface area contributed by atoms with E-state index in [1.165, 1.54) is 51.4 Å². The van der Waals surface area contributed by atoms with Crippen molar-refractivity contribution in [2.45, 2.75) is 18.8 Å². The zero-order valence-corrected chi connectivity index (χ0v) is 24.2. The first kappa shape index (κ1) is 31.4. The average molecular weight is 583 g/mol. The number of aliphatic hydroxyl groups is 2. The van der Waals surface area contributed by atoms with Crippen molar-refractivity contribution in [1.29, 1.82) is 0 Å². The number of hydrogen-bond acceptors (Lipinski definition) is 7. The second-order valence-electron chi connectivity index (χ2n) is 10.0. The summed E-state index contributed by atoms with van der Waals surface area (Å²) in [7, 11) is 0. The molecule has 2 aliphatic carbocycles. The fraction of sp³-hybridized carbons (Fsp3) is 0.257. The molecule has 5 N–H and O–H groups in total. The Morgan fingerprint density at radius 2 is 1.00 bits per heavy atom. The van der Waals surface area contributed by atoms with Crippen molar-refractivity contribution in [2.75, 3.05) is 39.5 Å². The average Bonchev–Trinajstić information content (AvgIpc) is 3.54. The summed E-state index contributed by atoms with van der Waals surface area (Å²) in [6.07, 6.45) is -0.495. The smallest absolute Gasteiger partial charge is 0.407 e. The van der Waals surface area contributed by atoms with Gasteiger partial charge in [0, 0.05) is 31.8 Å². The number of hydrogen-bond donors (Lipinski definition) is 4. The topological polar surface area (TPSA) is 131 Å². The van der Waals surface area contributed by atoms with Crippen LogP contribution in [0.1, 0.15) is 41.0 Å². The zero-order chi connectivity index (χ0) is 30.6. The van der Waals surface area contributed by atoms with Crippen LogP contribution in [0.15, 0.2) is 97.1 Å². The highest BCUT2D eigenvalue weighted by Crippen LogP contribution is 2.45. The first-order valence-corrected chi connectivity index (χ1v) is 14.3. The van der Waals surface area contributed by atoms with Gasteiger partial charge in [0.25, 0.3) is 0 Å². The van der Waals surface area contributed by atoms with E-state index in [2.05, 4.69) is 53.8 Å². The normalized spacial score (nSPS) is 12.3. The van der Waals surface area contributed by atoms with Gasteiger partial charge >= 0.3 is 12.1 Å². The van der Waals surface area contributed by atoms with Crippen molar-refractivity contribution >= 4 is 12.1 Å². The van der Waals surface area contributed by atoms with Crippen LogP contribution < -0.4 is 11.1 Å². The maximum Gasteiger partial charge on any atom is 0.407 e. The lowest BCUT2D eigenvalue weighted by molar-refractivity contribution is -0.141. The molecule has 0 unspecified atom stereocenters. The molecule has 0 radical (unpaired) electrons. The number of amides is 1. The molecule has 2 aliphatic rings. The summed E-state index contributed by atoms with van der Waals surface area (Å²) >= 11 is 0. The van der Waals surface area contributed by atoms with E-state index in [9.17, 15) is 9.59 Å². The van der Waals surface area contributed by atoms with Crippen molar-refractivity contribution in [2.24, 2.45) is 5.73 Å². The van der Waals surface area contributed by atoms with Crippen LogP contribution in [0.2, 0.25) is 0 Å². The number of carbonyl (C=O) groups excluding carboxylic acids is 2. The Morgan fingerprint density at radius 3 is 1.33 bits per heavy atom. The molecule has 0 saturated heterocycles. The van der Waals surface area contributed by atoms with Gasteiger partial charge in [0.05, 0.1) is 13.2 Å². The minimum absolute atomic E-state index is 0.0669. The molecule has 0 spiro atoms. The maximum atomic E-state index is 11.5. The standard InChI is InChI=1S/C17H17NO3.C16H14O2.C2H7NO/c19-10-9-18-17(20)21-11-16-14-7-3-1-5-12(14)13-6-2-4-8-15(13)16;1-11(17)18-10-16-14-8-4-2-6-12(14)13-7-3-5-9-15(13)16;3-1-2-4/h1-8,16,19H,9-11H2,(H,18,20);2-9,16H,10H2,1H3;4H,1-3H2. The first-order valence-electron chi connectivity index (χ1n) is 14.3. The fourth-order valence-electron chi connectivity index (χ4n) is 5.45. The molecule has 0 fully saturated rings. The highest BCUT2D eigenvalue weighted by Gasteiger charge is 2.29. The molecule has 8 nitrogen and oxygen atoms in total. The molecule has 4 aromatic rings. The van der Waals surface area contributed by atoms with Crippen LogP contribution in [0.5, 0.6) is 0 Å². The molecule has 0 atom stereocenters. The number of nitrogens with one attached hydrogen (secondary N) is 1. The minimum atomic E-state index is -0.495. The summed E-state index contributed by atoms with van der Waals surface area (Å²) in [4.78, 5) is 22.5. The van der Waals surface area contributed by atoms with Gasteiger partial charge in [0.15, 0.2) is 0 Å². The number of alkyl carbamates (subject to hydrolysis) is 1. The number of rotatable bonds is 7. The summed E-state index contributed by atoms with van der Waals surface area (Å²) in [6, 6.07) is 33.0. The predicted molar refractivity (Wildman–Crippen MR) is 167 cm³/mol. The van der Waals surface area contributed by atoms with E-state index >= 15 is 0 Å². The van der Waals surface area contributed by atoms with Gasteiger partial charge in [-0.3, -0.25) is 4.79 Å². The lowest BCUT2D eigenvalue weighted by atomic mass is 9.98.